The molecule has 0 atom stereocenters. The van der Waals surface area contributed by atoms with Gasteiger partial charge in [0, 0.05) is 24.3 Å². The van der Waals surface area contributed by atoms with Gasteiger partial charge in [0.05, 0.1) is 12.8 Å². The van der Waals surface area contributed by atoms with Gasteiger partial charge in [-0.1, -0.05) is 13.0 Å². The van der Waals surface area contributed by atoms with Gasteiger partial charge in [-0.25, -0.2) is 4.39 Å². The third-order valence-corrected chi connectivity index (χ3v) is 3.47. The molecule has 4 heteroatoms. The minimum absolute atomic E-state index is 0.206. The quantitative estimate of drug-likeness (QED) is 0.746. The van der Waals surface area contributed by atoms with Gasteiger partial charge in [0.2, 0.25) is 0 Å². The van der Waals surface area contributed by atoms with Crippen molar-refractivity contribution in [2.75, 3.05) is 18.0 Å². The number of hydrogen-bond acceptors (Lipinski definition) is 3. The standard InChI is InChI=1S/C17H23FN2O/c1-3-9-19-12-17-14(8-10-21-17)13-20(4-2)16-7-5-6-15(18)11-16/h5-8,10-11,19H,3-4,9,12-13H2,1-2H3. The molecule has 1 aromatic heterocycles. The van der Waals surface area contributed by atoms with Crippen LogP contribution in [0, 0.1) is 5.82 Å². The van der Waals surface area contributed by atoms with E-state index in [1.807, 2.05) is 12.1 Å². The lowest BCUT2D eigenvalue weighted by molar-refractivity contribution is 0.478. The van der Waals surface area contributed by atoms with Crippen LogP contribution in [0.5, 0.6) is 0 Å². The van der Waals surface area contributed by atoms with Crippen LogP contribution in [0.3, 0.4) is 0 Å². The van der Waals surface area contributed by atoms with Crippen LogP contribution >= 0.6 is 0 Å². The van der Waals surface area contributed by atoms with Crippen LogP contribution in [0.1, 0.15) is 31.6 Å². The maximum Gasteiger partial charge on any atom is 0.125 e. The minimum Gasteiger partial charge on any atom is -0.468 e. The van der Waals surface area contributed by atoms with Crippen LogP contribution in [-0.4, -0.2) is 13.1 Å². The SMILES string of the molecule is CCCNCc1occc1CN(CC)c1cccc(F)c1. The van der Waals surface area contributed by atoms with Crippen molar-refractivity contribution in [1.29, 1.82) is 0 Å². The fourth-order valence-corrected chi connectivity index (χ4v) is 2.31. The molecule has 21 heavy (non-hydrogen) atoms. The lowest BCUT2D eigenvalue weighted by atomic mass is 10.2. The van der Waals surface area contributed by atoms with Crippen molar-refractivity contribution in [3.8, 4) is 0 Å². The van der Waals surface area contributed by atoms with Crippen molar-refractivity contribution < 1.29 is 8.81 Å². The Bertz CT molecular complexity index is 553. The van der Waals surface area contributed by atoms with Crippen LogP contribution in [0.2, 0.25) is 0 Å². The van der Waals surface area contributed by atoms with Crippen LogP contribution in [0.15, 0.2) is 41.0 Å². The van der Waals surface area contributed by atoms with Crippen molar-refractivity contribution in [3.63, 3.8) is 0 Å². The van der Waals surface area contributed by atoms with E-state index in [9.17, 15) is 4.39 Å². The molecule has 3 nitrogen and oxygen atoms in total. The van der Waals surface area contributed by atoms with E-state index in [2.05, 4.69) is 24.1 Å². The first kappa shape index (κ1) is 15.6. The third kappa shape index (κ3) is 4.33. The molecule has 0 aliphatic heterocycles. The fourth-order valence-electron chi connectivity index (χ4n) is 2.31. The Hall–Kier alpha value is -1.81. The molecule has 0 amide bonds. The largest absolute Gasteiger partial charge is 0.468 e. The summed E-state index contributed by atoms with van der Waals surface area (Å²) in [7, 11) is 0. The van der Waals surface area contributed by atoms with E-state index >= 15 is 0 Å². The van der Waals surface area contributed by atoms with Crippen LogP contribution < -0.4 is 10.2 Å². The number of nitrogens with zero attached hydrogens (tertiary/aromatic N) is 1. The summed E-state index contributed by atoms with van der Waals surface area (Å²) < 4.78 is 18.9. The number of nitrogens with one attached hydrogen (secondary N) is 1. The fraction of sp³-hybridized carbons (Fsp3) is 0.412. The number of benzene rings is 1. The zero-order valence-electron chi connectivity index (χ0n) is 12.7. The molecule has 2 rings (SSSR count). The van der Waals surface area contributed by atoms with E-state index in [-0.39, 0.29) is 5.82 Å². The van der Waals surface area contributed by atoms with Crippen LogP contribution in [-0.2, 0) is 13.1 Å². The van der Waals surface area contributed by atoms with E-state index < -0.39 is 0 Å². The summed E-state index contributed by atoms with van der Waals surface area (Å²) in [6, 6.07) is 8.70. The number of hydrogen-bond donors (Lipinski definition) is 1. The first-order valence-corrected chi connectivity index (χ1v) is 7.51. The molecule has 0 unspecified atom stereocenters. The maximum atomic E-state index is 13.4. The van der Waals surface area contributed by atoms with Gasteiger partial charge < -0.3 is 14.6 Å². The Labute approximate surface area is 125 Å². The average molecular weight is 290 g/mol. The summed E-state index contributed by atoms with van der Waals surface area (Å²) in [6.07, 6.45) is 2.82. The van der Waals surface area contributed by atoms with Gasteiger partial charge in [0.25, 0.3) is 0 Å². The highest BCUT2D eigenvalue weighted by Gasteiger charge is 2.11. The topological polar surface area (TPSA) is 28.4 Å². The van der Waals surface area contributed by atoms with Gasteiger partial charge >= 0.3 is 0 Å². The number of anilines is 1. The Kier molecular flexibility index (Phi) is 5.81. The summed E-state index contributed by atoms with van der Waals surface area (Å²) in [5.74, 6) is 0.751. The lowest BCUT2D eigenvalue weighted by Gasteiger charge is -2.23. The molecular weight excluding hydrogens is 267 g/mol. The van der Waals surface area contributed by atoms with Gasteiger partial charge in [-0.2, -0.15) is 0 Å². The number of rotatable bonds is 8. The summed E-state index contributed by atoms with van der Waals surface area (Å²) in [5, 5.41) is 3.35. The van der Waals surface area contributed by atoms with E-state index in [1.165, 1.54) is 6.07 Å². The lowest BCUT2D eigenvalue weighted by Crippen LogP contribution is -2.23. The highest BCUT2D eigenvalue weighted by molar-refractivity contribution is 5.47. The van der Waals surface area contributed by atoms with Crippen molar-refractivity contribution >= 4 is 5.69 Å². The molecule has 0 radical (unpaired) electrons. The molecule has 0 aliphatic carbocycles. The summed E-state index contributed by atoms with van der Waals surface area (Å²) >= 11 is 0. The maximum absolute atomic E-state index is 13.4. The normalized spacial score (nSPS) is 10.8. The van der Waals surface area contributed by atoms with Gasteiger partial charge in [-0.15, -0.1) is 0 Å². The summed E-state index contributed by atoms with van der Waals surface area (Å²) in [6.45, 7) is 7.45. The van der Waals surface area contributed by atoms with Gasteiger partial charge in [0.15, 0.2) is 0 Å². The molecule has 1 heterocycles. The molecule has 1 N–H and O–H groups in total. The molecule has 0 bridgehead atoms. The first-order chi connectivity index (χ1) is 10.2. The van der Waals surface area contributed by atoms with Gasteiger partial charge in [-0.3, -0.25) is 0 Å². The molecular formula is C17H23FN2O. The molecule has 0 fully saturated rings. The predicted molar refractivity (Wildman–Crippen MR) is 83.8 cm³/mol. The smallest absolute Gasteiger partial charge is 0.125 e. The first-order valence-electron chi connectivity index (χ1n) is 7.51. The van der Waals surface area contributed by atoms with Crippen LogP contribution in [0.4, 0.5) is 10.1 Å². The molecule has 0 saturated heterocycles. The van der Waals surface area contributed by atoms with Crippen molar-refractivity contribution in [2.24, 2.45) is 0 Å². The molecule has 0 spiro atoms. The predicted octanol–water partition coefficient (Wildman–Crippen LogP) is 3.94. The van der Waals surface area contributed by atoms with Crippen LogP contribution in [0.25, 0.3) is 0 Å². The molecule has 114 valence electrons. The van der Waals surface area contributed by atoms with Crippen molar-refractivity contribution in [3.05, 3.63) is 53.7 Å². The highest BCUT2D eigenvalue weighted by Crippen LogP contribution is 2.20. The van der Waals surface area contributed by atoms with Gasteiger partial charge in [0.1, 0.15) is 11.6 Å². The Balaban J connectivity index is 2.07. The average Bonchev–Trinajstić information content (AvgIpc) is 2.92. The van der Waals surface area contributed by atoms with E-state index in [0.717, 1.165) is 49.6 Å². The monoisotopic (exact) mass is 290 g/mol. The van der Waals surface area contributed by atoms with Crippen molar-refractivity contribution in [2.45, 2.75) is 33.4 Å². The highest BCUT2D eigenvalue weighted by atomic mass is 19.1. The third-order valence-electron chi connectivity index (χ3n) is 3.47. The zero-order valence-corrected chi connectivity index (χ0v) is 12.7. The molecule has 1 aromatic carbocycles. The molecule has 0 saturated carbocycles. The minimum atomic E-state index is -0.206. The molecule has 0 aliphatic rings. The van der Waals surface area contributed by atoms with Crippen molar-refractivity contribution in [1.82, 2.24) is 5.32 Å². The van der Waals surface area contributed by atoms with E-state index in [1.54, 1.807) is 18.4 Å². The Morgan fingerprint density at radius 1 is 1.24 bits per heavy atom. The Morgan fingerprint density at radius 3 is 2.81 bits per heavy atom. The van der Waals surface area contributed by atoms with E-state index in [0.29, 0.717) is 0 Å². The van der Waals surface area contributed by atoms with Gasteiger partial charge in [-0.05, 0) is 44.2 Å². The summed E-state index contributed by atoms with van der Waals surface area (Å²) in [5.41, 5.74) is 2.04. The molecule has 2 aromatic rings. The van der Waals surface area contributed by atoms with E-state index in [4.69, 9.17) is 4.42 Å². The zero-order chi connectivity index (χ0) is 15.1. The Morgan fingerprint density at radius 2 is 2.10 bits per heavy atom. The number of halogens is 1. The number of furan rings is 1. The second-order valence-electron chi connectivity index (χ2n) is 5.04. The second kappa shape index (κ2) is 7.84. The second-order valence-corrected chi connectivity index (χ2v) is 5.04. The summed E-state index contributed by atoms with van der Waals surface area (Å²) in [4.78, 5) is 2.14.